The zero-order valence-electron chi connectivity index (χ0n) is 33.4. The molecule has 1 unspecified atom stereocenters. The van der Waals surface area contributed by atoms with Gasteiger partial charge in [-0.15, -0.1) is 0 Å². The molecule has 58 heavy (non-hydrogen) atoms. The van der Waals surface area contributed by atoms with Crippen molar-refractivity contribution in [3.05, 3.63) is 65.4 Å². The number of amides is 4. The summed E-state index contributed by atoms with van der Waals surface area (Å²) in [7, 11) is -7.52. The zero-order chi connectivity index (χ0) is 42.7. The number of aromatic nitrogens is 1. The maximum Gasteiger partial charge on any atom is 0.266 e. The van der Waals surface area contributed by atoms with Gasteiger partial charge in [-0.2, -0.15) is 0 Å². The molecule has 3 heterocycles. The van der Waals surface area contributed by atoms with Crippen molar-refractivity contribution in [3.8, 4) is 0 Å². The van der Waals surface area contributed by atoms with Crippen molar-refractivity contribution in [2.45, 2.75) is 107 Å². The lowest BCUT2D eigenvalue weighted by atomic mass is 9.95. The molecule has 0 spiro atoms. The molecule has 1 aromatic heterocycles. The summed E-state index contributed by atoms with van der Waals surface area (Å²) in [5.74, 6) is -3.40. The summed E-state index contributed by atoms with van der Waals surface area (Å²) in [6.07, 6.45) is 0.963. The highest BCUT2D eigenvalue weighted by Gasteiger charge is 2.45. The molecule has 314 valence electrons. The van der Waals surface area contributed by atoms with E-state index >= 15 is 0 Å². The number of carbonyl (C=O) groups is 6. The lowest BCUT2D eigenvalue weighted by molar-refractivity contribution is -0.146. The van der Waals surface area contributed by atoms with Crippen molar-refractivity contribution in [1.82, 2.24) is 25.4 Å². The van der Waals surface area contributed by atoms with Gasteiger partial charge in [-0.3, -0.25) is 33.3 Å². The van der Waals surface area contributed by atoms with Crippen LogP contribution in [0.25, 0.3) is 10.9 Å². The van der Waals surface area contributed by atoms with Crippen LogP contribution in [-0.4, -0.2) is 112 Å². The standard InChI is InChI=1S/C40H53N6O10PS/c1-23(2)45-17-16-29-9-14-34(38(50)44-32(13-15-36(41)48)37(49)42-21-25-6-10-30(11-7-25)58(55,56)24(3)4)46(29)39(51)28(22-45)20-35(47)33-19-27-18-26(8-12-31(27)43-33)40(52)57(5,53)54/h6-8,10-12,18-19,23-24,28-29,32,34,43H,9,13-17,20-22H2,1-5H3,(H2,41,48)(H,42,49)(H,44,50)(H,53,54)/t28-,29+,32-,34-/m0/s1. The van der Waals surface area contributed by atoms with Crippen molar-refractivity contribution in [2.75, 3.05) is 19.8 Å². The third-order valence-electron chi connectivity index (χ3n) is 11.0. The third kappa shape index (κ3) is 10.3. The first-order chi connectivity index (χ1) is 27.2. The van der Waals surface area contributed by atoms with E-state index in [1.54, 1.807) is 43.0 Å². The molecule has 2 aliphatic heterocycles. The second kappa shape index (κ2) is 18.1. The topological polar surface area (TPSA) is 246 Å². The number of hydrogen-bond donors (Lipinski definition) is 5. The van der Waals surface area contributed by atoms with E-state index in [4.69, 9.17) is 5.73 Å². The van der Waals surface area contributed by atoms with Crippen LogP contribution in [0.2, 0.25) is 0 Å². The SMILES string of the molecule is CC(C)N1CC[C@H]2CC[C@@H](C(=O)N[C@@H](CCC(N)=O)C(=O)NCc3ccc(S(=O)(=O)C(C)C)cc3)N2C(=O)[C@@H](CC(=O)c2cc3cc(C(=O)P(C)(=O)O)ccc3[nH]2)C1. The van der Waals surface area contributed by atoms with Crippen molar-refractivity contribution in [1.29, 1.82) is 0 Å². The first-order valence-corrected chi connectivity index (χ1v) is 23.1. The van der Waals surface area contributed by atoms with Gasteiger partial charge < -0.3 is 36.0 Å². The average Bonchev–Trinajstić information content (AvgIpc) is 3.79. The minimum absolute atomic E-state index is 0.0150. The van der Waals surface area contributed by atoms with Crippen LogP contribution in [0.15, 0.2) is 53.4 Å². The van der Waals surface area contributed by atoms with E-state index in [0.29, 0.717) is 42.3 Å². The molecule has 5 atom stereocenters. The lowest BCUT2D eigenvalue weighted by Crippen LogP contribution is -2.57. The fraction of sp³-hybridized carbons (Fsp3) is 0.500. The molecular formula is C40H53N6O10PS. The van der Waals surface area contributed by atoms with Gasteiger partial charge in [0.1, 0.15) is 12.1 Å². The molecule has 2 fully saturated rings. The van der Waals surface area contributed by atoms with E-state index in [9.17, 15) is 46.6 Å². The van der Waals surface area contributed by atoms with Gasteiger partial charge in [0.15, 0.2) is 15.6 Å². The Hall–Kier alpha value is -4.70. The molecule has 18 heteroatoms. The van der Waals surface area contributed by atoms with Crippen LogP contribution in [-0.2, 0) is 40.1 Å². The smallest absolute Gasteiger partial charge is 0.266 e. The van der Waals surface area contributed by atoms with Gasteiger partial charge in [0, 0.05) is 67.7 Å². The number of nitrogens with one attached hydrogen (secondary N) is 3. The first kappa shape index (κ1) is 44.4. The normalized spacial score (nSPS) is 20.6. The summed E-state index contributed by atoms with van der Waals surface area (Å²) in [6, 6.07) is 9.69. The molecule has 0 bridgehead atoms. The number of carbonyl (C=O) groups excluding carboxylic acids is 6. The van der Waals surface area contributed by atoms with E-state index in [1.807, 2.05) is 13.8 Å². The number of sulfone groups is 1. The number of aromatic amines is 1. The van der Waals surface area contributed by atoms with Crippen LogP contribution >= 0.6 is 7.37 Å². The Morgan fingerprint density at radius 2 is 1.69 bits per heavy atom. The lowest BCUT2D eigenvalue weighted by Gasteiger charge is -2.40. The van der Waals surface area contributed by atoms with Gasteiger partial charge in [-0.25, -0.2) is 8.42 Å². The van der Waals surface area contributed by atoms with E-state index in [0.717, 1.165) is 6.66 Å². The molecular weight excluding hydrogens is 788 g/mol. The highest BCUT2D eigenvalue weighted by molar-refractivity contribution is 7.92. The summed E-state index contributed by atoms with van der Waals surface area (Å²) in [5.41, 5.74) is 5.86. The number of nitrogens with zero attached hydrogens (tertiary/aromatic N) is 2. The van der Waals surface area contributed by atoms with E-state index in [-0.39, 0.29) is 72.3 Å². The van der Waals surface area contributed by atoms with E-state index in [2.05, 4.69) is 20.5 Å². The van der Waals surface area contributed by atoms with Crippen LogP contribution in [0.4, 0.5) is 0 Å². The van der Waals surface area contributed by atoms with Gasteiger partial charge in [0.25, 0.3) is 7.37 Å². The summed E-state index contributed by atoms with van der Waals surface area (Å²) in [4.78, 5) is 96.7. The predicted octanol–water partition coefficient (Wildman–Crippen LogP) is 3.12. The quantitative estimate of drug-likeness (QED) is 0.104. The Bertz CT molecular complexity index is 2230. The minimum Gasteiger partial charge on any atom is -0.370 e. The van der Waals surface area contributed by atoms with Gasteiger partial charge >= 0.3 is 0 Å². The summed E-state index contributed by atoms with van der Waals surface area (Å²) < 4.78 is 37.0. The Balaban J connectivity index is 1.32. The number of primary amides is 1. The number of H-pyrrole nitrogens is 1. The van der Waals surface area contributed by atoms with Gasteiger partial charge in [0.2, 0.25) is 29.2 Å². The van der Waals surface area contributed by atoms with Crippen molar-refractivity contribution >= 4 is 63.0 Å². The highest BCUT2D eigenvalue weighted by atomic mass is 32.2. The molecule has 5 rings (SSSR count). The van der Waals surface area contributed by atoms with Gasteiger partial charge in [-0.05, 0) is 95.3 Å². The van der Waals surface area contributed by atoms with E-state index < -0.39 is 63.7 Å². The number of hydrogen-bond acceptors (Lipinski definition) is 10. The number of ketones is 1. The second-order valence-corrected chi connectivity index (χ2v) is 20.6. The molecule has 2 aliphatic rings. The summed E-state index contributed by atoms with van der Waals surface area (Å²) >= 11 is 0. The Labute approximate surface area is 338 Å². The van der Waals surface area contributed by atoms with Crippen LogP contribution in [0, 0.1) is 5.92 Å². The van der Waals surface area contributed by atoms with Gasteiger partial charge in [-0.1, -0.05) is 12.1 Å². The van der Waals surface area contributed by atoms with Crippen molar-refractivity contribution in [3.63, 3.8) is 0 Å². The van der Waals surface area contributed by atoms with Crippen molar-refractivity contribution in [2.24, 2.45) is 11.7 Å². The molecule has 16 nitrogen and oxygen atoms in total. The first-order valence-electron chi connectivity index (χ1n) is 19.4. The van der Waals surface area contributed by atoms with Crippen LogP contribution in [0.3, 0.4) is 0 Å². The molecule has 0 saturated carbocycles. The monoisotopic (exact) mass is 840 g/mol. The zero-order valence-corrected chi connectivity index (χ0v) is 35.1. The number of Topliss-reactive ketones (excluding diaryl/α,β-unsaturated/α-hetero) is 1. The van der Waals surface area contributed by atoms with Crippen LogP contribution in [0.5, 0.6) is 0 Å². The fourth-order valence-electron chi connectivity index (χ4n) is 7.55. The molecule has 6 N–H and O–H groups in total. The maximum absolute atomic E-state index is 14.5. The highest BCUT2D eigenvalue weighted by Crippen LogP contribution is 2.40. The number of nitrogens with two attached hydrogens (primary N) is 1. The summed E-state index contributed by atoms with van der Waals surface area (Å²) in [5, 5.41) is 5.38. The number of rotatable bonds is 16. The van der Waals surface area contributed by atoms with Gasteiger partial charge in [0.05, 0.1) is 21.8 Å². The predicted molar refractivity (Wildman–Crippen MR) is 217 cm³/mol. The molecule has 2 aromatic carbocycles. The number of benzene rings is 2. The average molecular weight is 841 g/mol. The molecule has 0 radical (unpaired) electrons. The molecule has 2 saturated heterocycles. The second-order valence-electron chi connectivity index (χ2n) is 15.9. The Morgan fingerprint density at radius 3 is 2.31 bits per heavy atom. The third-order valence-corrected chi connectivity index (χ3v) is 14.2. The molecule has 0 aliphatic carbocycles. The van der Waals surface area contributed by atoms with Crippen LogP contribution in [0.1, 0.15) is 92.6 Å². The van der Waals surface area contributed by atoms with E-state index in [1.165, 1.54) is 24.3 Å². The summed E-state index contributed by atoms with van der Waals surface area (Å²) in [6.45, 7) is 9.05. The molecule has 4 amide bonds. The fourth-order valence-corrected chi connectivity index (χ4v) is 9.23. The van der Waals surface area contributed by atoms with Crippen LogP contribution < -0.4 is 16.4 Å². The number of fused-ring (bicyclic) bond motifs is 2. The van der Waals surface area contributed by atoms with Crippen molar-refractivity contribution < 1.29 is 46.6 Å². The minimum atomic E-state index is -4.03. The largest absolute Gasteiger partial charge is 0.370 e. The Kier molecular flexibility index (Phi) is 13.8. The maximum atomic E-state index is 14.5. The Morgan fingerprint density at radius 1 is 1.00 bits per heavy atom. The molecule has 3 aromatic rings.